The number of hydrogen-bond donors (Lipinski definition) is 0. The summed E-state index contributed by atoms with van der Waals surface area (Å²) in [5.41, 5.74) is 1.70. The molecular weight excluding hydrogens is 226 g/mol. The van der Waals surface area contributed by atoms with Crippen molar-refractivity contribution in [1.82, 2.24) is 0 Å². The number of hydrogen-bond acceptors (Lipinski definition) is 3. The van der Waals surface area contributed by atoms with Crippen molar-refractivity contribution in [1.29, 1.82) is 5.26 Å². The Morgan fingerprint density at radius 1 is 1.59 bits per heavy atom. The number of ether oxygens (including phenoxy) is 1. The van der Waals surface area contributed by atoms with Crippen LogP contribution in [-0.2, 0) is 0 Å². The van der Waals surface area contributed by atoms with Crippen molar-refractivity contribution in [2.24, 2.45) is 0 Å². The maximum Gasteiger partial charge on any atom is 0.387 e. The van der Waals surface area contributed by atoms with Crippen molar-refractivity contribution in [2.45, 2.75) is 19.5 Å². The molecule has 1 aromatic rings. The van der Waals surface area contributed by atoms with Gasteiger partial charge >= 0.3 is 6.61 Å². The summed E-state index contributed by atoms with van der Waals surface area (Å²) in [6.45, 7) is 0.491. The molecule has 0 spiro atoms. The van der Waals surface area contributed by atoms with Gasteiger partial charge in [0.25, 0.3) is 0 Å². The Morgan fingerprint density at radius 3 is 2.94 bits per heavy atom. The average molecular weight is 238 g/mol. The number of alkyl halides is 2. The second-order valence-electron chi connectivity index (χ2n) is 3.82. The summed E-state index contributed by atoms with van der Waals surface area (Å²) in [7, 11) is 0. The summed E-state index contributed by atoms with van der Waals surface area (Å²) < 4.78 is 28.6. The van der Waals surface area contributed by atoms with Gasteiger partial charge in [-0.25, -0.2) is 0 Å². The molecule has 3 nitrogen and oxygen atoms in total. The van der Waals surface area contributed by atoms with E-state index in [0.717, 1.165) is 17.8 Å². The predicted molar refractivity (Wildman–Crippen MR) is 59.3 cm³/mol. The van der Waals surface area contributed by atoms with Crippen molar-refractivity contribution in [2.75, 3.05) is 18.0 Å². The Labute approximate surface area is 98.2 Å². The van der Waals surface area contributed by atoms with Crippen LogP contribution < -0.4 is 9.64 Å². The van der Waals surface area contributed by atoms with Crippen molar-refractivity contribution >= 4 is 5.69 Å². The molecule has 0 aromatic heterocycles. The molecule has 0 saturated carbocycles. The number of nitrogens with zero attached hydrogens (tertiary/aromatic N) is 2. The average Bonchev–Trinajstić information content (AvgIpc) is 2.65. The molecule has 0 N–H and O–H groups in total. The van der Waals surface area contributed by atoms with E-state index in [1.807, 2.05) is 11.8 Å². The molecule has 0 aliphatic carbocycles. The van der Waals surface area contributed by atoms with E-state index in [9.17, 15) is 8.78 Å². The van der Waals surface area contributed by atoms with E-state index >= 15 is 0 Å². The summed E-state index contributed by atoms with van der Waals surface area (Å²) in [5, 5.41) is 9.01. The predicted octanol–water partition coefficient (Wildman–Crippen LogP) is 2.74. The molecule has 90 valence electrons. The normalized spacial score (nSPS) is 18.1. The van der Waals surface area contributed by atoms with Crippen LogP contribution in [0.1, 0.15) is 18.4 Å². The lowest BCUT2D eigenvalue weighted by molar-refractivity contribution is -0.0498. The summed E-state index contributed by atoms with van der Waals surface area (Å²) in [4.78, 5) is 1.99. The number of halogens is 2. The smallest absolute Gasteiger partial charge is 0.387 e. The Kier molecular flexibility index (Phi) is 3.14. The molecule has 1 heterocycles. The van der Waals surface area contributed by atoms with Crippen LogP contribution in [-0.4, -0.2) is 19.7 Å². The zero-order valence-electron chi connectivity index (χ0n) is 9.36. The van der Waals surface area contributed by atoms with Crippen molar-refractivity contribution < 1.29 is 13.5 Å². The fraction of sp³-hybridized carbons (Fsp3) is 0.417. The Hall–Kier alpha value is -1.83. The van der Waals surface area contributed by atoms with Crippen LogP contribution in [0.2, 0.25) is 0 Å². The topological polar surface area (TPSA) is 36.3 Å². The van der Waals surface area contributed by atoms with E-state index in [1.54, 1.807) is 12.1 Å². The van der Waals surface area contributed by atoms with Gasteiger partial charge in [0.2, 0.25) is 0 Å². The van der Waals surface area contributed by atoms with E-state index < -0.39 is 6.61 Å². The molecule has 1 aromatic carbocycles. The highest BCUT2D eigenvalue weighted by Gasteiger charge is 2.28. The van der Waals surface area contributed by atoms with Crippen LogP contribution in [0, 0.1) is 11.3 Å². The lowest BCUT2D eigenvalue weighted by atomic mass is 10.0. The number of fused-ring (bicyclic) bond motifs is 1. The first kappa shape index (κ1) is 11.6. The molecule has 1 aliphatic rings. The van der Waals surface area contributed by atoms with E-state index in [-0.39, 0.29) is 11.7 Å². The summed E-state index contributed by atoms with van der Waals surface area (Å²) in [5.74, 6) is -0.0543. The minimum absolute atomic E-state index is 0.135. The van der Waals surface area contributed by atoms with E-state index in [2.05, 4.69) is 10.8 Å². The van der Waals surface area contributed by atoms with E-state index in [1.165, 1.54) is 6.07 Å². The van der Waals surface area contributed by atoms with Gasteiger partial charge in [-0.3, -0.25) is 0 Å². The van der Waals surface area contributed by atoms with Crippen molar-refractivity contribution in [3.8, 4) is 11.8 Å². The lowest BCUT2D eigenvalue weighted by Gasteiger charge is -2.17. The first-order valence-electron chi connectivity index (χ1n) is 5.39. The third-order valence-electron chi connectivity index (χ3n) is 2.88. The molecule has 0 amide bonds. The van der Waals surface area contributed by atoms with E-state index in [0.29, 0.717) is 6.54 Å². The molecule has 5 heteroatoms. The van der Waals surface area contributed by atoms with Gasteiger partial charge in [0.05, 0.1) is 12.0 Å². The number of anilines is 1. The molecule has 1 atom stereocenters. The van der Waals surface area contributed by atoms with Gasteiger partial charge in [0.1, 0.15) is 5.75 Å². The van der Waals surface area contributed by atoms with Crippen LogP contribution in [0.15, 0.2) is 18.2 Å². The number of rotatable bonds is 3. The minimum atomic E-state index is -2.82. The third kappa shape index (κ3) is 2.16. The highest BCUT2D eigenvalue weighted by molar-refractivity contribution is 5.64. The highest BCUT2D eigenvalue weighted by atomic mass is 19.3. The summed E-state index contributed by atoms with van der Waals surface area (Å²) in [6, 6.07) is 6.96. The standard InChI is InChI=1S/C12H12F2N2O/c1-2-16-7-8(6-15)10-4-3-9(5-11(10)16)17-12(13)14/h3-5,8,12H,2,7H2,1H3. The zero-order valence-corrected chi connectivity index (χ0v) is 9.36. The van der Waals surface area contributed by atoms with Gasteiger partial charge in [0.15, 0.2) is 0 Å². The molecule has 1 aliphatic heterocycles. The van der Waals surface area contributed by atoms with Crippen LogP contribution in [0.5, 0.6) is 5.75 Å². The molecule has 0 radical (unpaired) electrons. The molecular formula is C12H12F2N2O. The molecule has 0 fully saturated rings. The molecule has 0 bridgehead atoms. The minimum Gasteiger partial charge on any atom is -0.435 e. The first-order valence-corrected chi connectivity index (χ1v) is 5.39. The van der Waals surface area contributed by atoms with Crippen LogP contribution in [0.4, 0.5) is 14.5 Å². The van der Waals surface area contributed by atoms with Gasteiger partial charge in [0, 0.05) is 24.8 Å². The van der Waals surface area contributed by atoms with Gasteiger partial charge in [-0.05, 0) is 18.6 Å². The second kappa shape index (κ2) is 4.58. The highest BCUT2D eigenvalue weighted by Crippen LogP contribution is 2.38. The van der Waals surface area contributed by atoms with Crippen LogP contribution in [0.25, 0.3) is 0 Å². The second-order valence-corrected chi connectivity index (χ2v) is 3.82. The molecule has 17 heavy (non-hydrogen) atoms. The van der Waals surface area contributed by atoms with Gasteiger partial charge < -0.3 is 9.64 Å². The van der Waals surface area contributed by atoms with Crippen LogP contribution >= 0.6 is 0 Å². The number of benzene rings is 1. The third-order valence-corrected chi connectivity index (χ3v) is 2.88. The van der Waals surface area contributed by atoms with Crippen LogP contribution in [0.3, 0.4) is 0 Å². The summed E-state index contributed by atoms with van der Waals surface area (Å²) in [6.07, 6.45) is 0. The monoisotopic (exact) mass is 238 g/mol. The zero-order chi connectivity index (χ0) is 12.4. The SMILES string of the molecule is CCN1CC(C#N)c2ccc(OC(F)F)cc21. The Balaban J connectivity index is 2.34. The van der Waals surface area contributed by atoms with E-state index in [4.69, 9.17) is 5.26 Å². The maximum absolute atomic E-state index is 12.1. The van der Waals surface area contributed by atoms with Gasteiger partial charge in [-0.2, -0.15) is 14.0 Å². The summed E-state index contributed by atoms with van der Waals surface area (Å²) >= 11 is 0. The van der Waals surface area contributed by atoms with Gasteiger partial charge in [-0.1, -0.05) is 6.07 Å². The quantitative estimate of drug-likeness (QED) is 0.812. The van der Waals surface area contributed by atoms with Crippen molar-refractivity contribution in [3.63, 3.8) is 0 Å². The maximum atomic E-state index is 12.1. The largest absolute Gasteiger partial charge is 0.435 e. The Bertz CT molecular complexity index is 456. The number of likely N-dealkylation sites (N-methyl/N-ethyl adjacent to an activating group) is 1. The molecule has 1 unspecified atom stereocenters. The first-order chi connectivity index (χ1) is 8.15. The fourth-order valence-electron chi connectivity index (χ4n) is 2.10. The van der Waals surface area contributed by atoms with Gasteiger partial charge in [-0.15, -0.1) is 0 Å². The lowest BCUT2D eigenvalue weighted by Crippen LogP contribution is -2.20. The fourth-order valence-corrected chi connectivity index (χ4v) is 2.10. The number of nitriles is 1. The molecule has 0 saturated heterocycles. The molecule has 2 rings (SSSR count). The Morgan fingerprint density at radius 2 is 2.35 bits per heavy atom. The van der Waals surface area contributed by atoms with Crippen molar-refractivity contribution in [3.05, 3.63) is 23.8 Å².